The molecule has 1 aromatic carbocycles. The molecular formula is C15H17Cl2NO3. The van der Waals surface area contributed by atoms with Crippen molar-refractivity contribution in [3.05, 3.63) is 39.7 Å². The van der Waals surface area contributed by atoms with Crippen LogP contribution in [0.15, 0.2) is 27.4 Å². The third kappa shape index (κ3) is 3.70. The van der Waals surface area contributed by atoms with E-state index in [0.717, 1.165) is 10.9 Å². The number of benzene rings is 1. The highest BCUT2D eigenvalue weighted by Gasteiger charge is 2.15. The Kier molecular flexibility index (Phi) is 5.51. The Bertz CT molecular complexity index is 678. The Morgan fingerprint density at radius 3 is 2.52 bits per heavy atom. The molecule has 1 heterocycles. The molecule has 114 valence electrons. The first-order valence-corrected chi connectivity index (χ1v) is 7.73. The summed E-state index contributed by atoms with van der Waals surface area (Å²) in [5.74, 6) is 1.03. The molecule has 0 aliphatic carbocycles. The van der Waals surface area contributed by atoms with Crippen LogP contribution < -0.4 is 5.63 Å². The van der Waals surface area contributed by atoms with Crippen LogP contribution in [0, 0.1) is 6.92 Å². The van der Waals surface area contributed by atoms with Gasteiger partial charge in [0.05, 0.1) is 5.56 Å². The summed E-state index contributed by atoms with van der Waals surface area (Å²) in [5.41, 5.74) is 1.41. The number of aromatic hydroxyl groups is 1. The van der Waals surface area contributed by atoms with E-state index in [9.17, 15) is 9.90 Å². The van der Waals surface area contributed by atoms with Crippen molar-refractivity contribution < 1.29 is 9.52 Å². The number of fused-ring (bicyclic) bond motifs is 1. The second-order valence-electron chi connectivity index (χ2n) is 4.84. The fraction of sp³-hybridized carbons (Fsp3) is 0.400. The Hall–Kier alpha value is -1.23. The molecule has 0 bridgehead atoms. The minimum atomic E-state index is -0.423. The molecule has 1 aromatic heterocycles. The smallest absolute Gasteiger partial charge is 0.336 e. The maximum Gasteiger partial charge on any atom is 0.336 e. The molecule has 0 saturated heterocycles. The van der Waals surface area contributed by atoms with Crippen molar-refractivity contribution in [1.82, 2.24) is 4.90 Å². The van der Waals surface area contributed by atoms with E-state index in [1.54, 1.807) is 12.1 Å². The Labute approximate surface area is 132 Å². The summed E-state index contributed by atoms with van der Waals surface area (Å²) in [4.78, 5) is 13.6. The highest BCUT2D eigenvalue weighted by atomic mass is 35.5. The number of phenolic OH excluding ortho intramolecular Hbond substituents is 1. The van der Waals surface area contributed by atoms with E-state index in [1.165, 1.54) is 6.07 Å². The number of nitrogens with zero attached hydrogens (tertiary/aromatic N) is 1. The minimum absolute atomic E-state index is 0.102. The number of hydrogen-bond donors (Lipinski definition) is 1. The second-order valence-corrected chi connectivity index (χ2v) is 5.60. The summed E-state index contributed by atoms with van der Waals surface area (Å²) < 4.78 is 5.30. The van der Waals surface area contributed by atoms with Gasteiger partial charge in [-0.05, 0) is 24.6 Å². The van der Waals surface area contributed by atoms with Crippen LogP contribution in [0.5, 0.6) is 5.75 Å². The van der Waals surface area contributed by atoms with Crippen molar-refractivity contribution in [3.8, 4) is 5.75 Å². The quantitative estimate of drug-likeness (QED) is 0.653. The number of rotatable bonds is 6. The maximum absolute atomic E-state index is 11.6. The molecular weight excluding hydrogens is 313 g/mol. The zero-order valence-corrected chi connectivity index (χ0v) is 13.2. The zero-order valence-electron chi connectivity index (χ0n) is 11.7. The van der Waals surface area contributed by atoms with Gasteiger partial charge in [-0.15, -0.1) is 23.2 Å². The van der Waals surface area contributed by atoms with Crippen LogP contribution in [0.1, 0.15) is 11.1 Å². The van der Waals surface area contributed by atoms with Crippen LogP contribution in [0.4, 0.5) is 0 Å². The van der Waals surface area contributed by atoms with E-state index in [0.29, 0.717) is 42.5 Å². The van der Waals surface area contributed by atoms with E-state index in [2.05, 4.69) is 0 Å². The molecule has 2 aromatic rings. The molecule has 0 atom stereocenters. The van der Waals surface area contributed by atoms with Crippen LogP contribution in [-0.4, -0.2) is 34.9 Å². The predicted molar refractivity (Wildman–Crippen MR) is 85.6 cm³/mol. The Morgan fingerprint density at radius 1 is 1.24 bits per heavy atom. The molecule has 0 radical (unpaired) electrons. The van der Waals surface area contributed by atoms with E-state index in [1.807, 2.05) is 11.8 Å². The SMILES string of the molecule is Cc1cc(=O)oc2c(CN(CCCl)CCCl)c(O)ccc12. The lowest BCUT2D eigenvalue weighted by molar-refractivity contribution is 0.293. The predicted octanol–water partition coefficient (Wildman–Crippen LogP) is 3.09. The summed E-state index contributed by atoms with van der Waals surface area (Å²) >= 11 is 11.6. The van der Waals surface area contributed by atoms with Crippen molar-refractivity contribution >= 4 is 34.2 Å². The molecule has 0 aliphatic heterocycles. The molecule has 1 N–H and O–H groups in total. The zero-order chi connectivity index (χ0) is 15.4. The molecule has 0 aliphatic rings. The molecule has 2 rings (SSSR count). The third-order valence-electron chi connectivity index (χ3n) is 3.38. The van der Waals surface area contributed by atoms with Crippen molar-refractivity contribution in [2.75, 3.05) is 24.8 Å². The lowest BCUT2D eigenvalue weighted by Gasteiger charge is -2.21. The van der Waals surface area contributed by atoms with Crippen molar-refractivity contribution in [3.63, 3.8) is 0 Å². The number of hydrogen-bond acceptors (Lipinski definition) is 4. The molecule has 0 spiro atoms. The largest absolute Gasteiger partial charge is 0.507 e. The first-order chi connectivity index (χ1) is 10.1. The fourth-order valence-corrected chi connectivity index (χ4v) is 2.79. The van der Waals surface area contributed by atoms with Crippen LogP contribution in [0.25, 0.3) is 11.0 Å². The van der Waals surface area contributed by atoms with Gasteiger partial charge in [0.15, 0.2) is 0 Å². The monoisotopic (exact) mass is 329 g/mol. The molecule has 6 heteroatoms. The van der Waals surface area contributed by atoms with E-state index >= 15 is 0 Å². The molecule has 0 unspecified atom stereocenters. The number of halogens is 2. The summed E-state index contributed by atoms with van der Waals surface area (Å²) in [6.07, 6.45) is 0. The summed E-state index contributed by atoms with van der Waals surface area (Å²) in [7, 11) is 0. The maximum atomic E-state index is 11.6. The average molecular weight is 330 g/mol. The highest BCUT2D eigenvalue weighted by Crippen LogP contribution is 2.29. The second kappa shape index (κ2) is 7.16. The van der Waals surface area contributed by atoms with Gasteiger partial charge in [0, 0.05) is 42.8 Å². The molecule has 0 saturated carbocycles. The first-order valence-electron chi connectivity index (χ1n) is 6.66. The summed E-state index contributed by atoms with van der Waals surface area (Å²) in [6, 6.07) is 4.81. The number of aryl methyl sites for hydroxylation is 1. The summed E-state index contributed by atoms with van der Waals surface area (Å²) in [5, 5.41) is 10.9. The van der Waals surface area contributed by atoms with Crippen molar-refractivity contribution in [1.29, 1.82) is 0 Å². The molecule has 0 fully saturated rings. The standard InChI is InChI=1S/C15H17Cl2NO3/c1-10-8-14(20)21-15-11(10)2-3-13(19)12(15)9-18(6-4-16)7-5-17/h2-3,8,19H,4-7,9H2,1H3. The van der Waals surface area contributed by atoms with E-state index in [4.69, 9.17) is 27.6 Å². The number of alkyl halides is 2. The highest BCUT2D eigenvalue weighted by molar-refractivity contribution is 6.18. The first kappa shape index (κ1) is 16.1. The molecule has 4 nitrogen and oxygen atoms in total. The molecule has 21 heavy (non-hydrogen) atoms. The van der Waals surface area contributed by atoms with Gasteiger partial charge in [-0.3, -0.25) is 4.90 Å². The van der Waals surface area contributed by atoms with Gasteiger partial charge in [-0.1, -0.05) is 0 Å². The van der Waals surface area contributed by atoms with Gasteiger partial charge in [0.25, 0.3) is 0 Å². The average Bonchev–Trinajstić information content (AvgIpc) is 2.42. The van der Waals surface area contributed by atoms with Gasteiger partial charge < -0.3 is 9.52 Å². The van der Waals surface area contributed by atoms with Gasteiger partial charge in [-0.25, -0.2) is 4.79 Å². The van der Waals surface area contributed by atoms with E-state index < -0.39 is 5.63 Å². The Balaban J connectivity index is 2.51. The van der Waals surface area contributed by atoms with Gasteiger partial charge >= 0.3 is 5.63 Å². The van der Waals surface area contributed by atoms with Gasteiger partial charge in [-0.2, -0.15) is 0 Å². The topological polar surface area (TPSA) is 53.7 Å². The summed E-state index contributed by atoms with van der Waals surface area (Å²) in [6.45, 7) is 3.55. The van der Waals surface area contributed by atoms with E-state index in [-0.39, 0.29) is 5.75 Å². The fourth-order valence-electron chi connectivity index (χ4n) is 2.31. The van der Waals surface area contributed by atoms with Crippen LogP contribution in [-0.2, 0) is 6.54 Å². The third-order valence-corrected chi connectivity index (χ3v) is 3.72. The van der Waals surface area contributed by atoms with Gasteiger partial charge in [0.1, 0.15) is 11.3 Å². The van der Waals surface area contributed by atoms with Gasteiger partial charge in [0.2, 0.25) is 0 Å². The van der Waals surface area contributed by atoms with Crippen LogP contribution in [0.3, 0.4) is 0 Å². The lowest BCUT2D eigenvalue weighted by Crippen LogP contribution is -2.27. The molecule has 0 amide bonds. The van der Waals surface area contributed by atoms with Crippen molar-refractivity contribution in [2.45, 2.75) is 13.5 Å². The van der Waals surface area contributed by atoms with Crippen LogP contribution in [0.2, 0.25) is 0 Å². The number of phenols is 1. The Morgan fingerprint density at radius 2 is 1.90 bits per heavy atom. The van der Waals surface area contributed by atoms with Crippen LogP contribution >= 0.6 is 23.2 Å². The van der Waals surface area contributed by atoms with Crippen molar-refractivity contribution in [2.24, 2.45) is 0 Å². The lowest BCUT2D eigenvalue weighted by atomic mass is 10.1. The normalized spacial score (nSPS) is 11.4. The minimum Gasteiger partial charge on any atom is -0.507 e.